The lowest BCUT2D eigenvalue weighted by molar-refractivity contribution is 0.0340. The molecular weight excluding hydrogens is 336 g/mol. The summed E-state index contributed by atoms with van der Waals surface area (Å²) in [6, 6.07) is 10.8. The predicted molar refractivity (Wildman–Crippen MR) is 110 cm³/mol. The van der Waals surface area contributed by atoms with Crippen molar-refractivity contribution in [3.05, 3.63) is 42.1 Å². The molecule has 1 N–H and O–H groups in total. The number of aliphatic hydroxyl groups is 1. The number of benzene rings is 1. The Bertz CT molecular complexity index is 720. The van der Waals surface area contributed by atoms with Crippen LogP contribution in [0.4, 0.5) is 0 Å². The Morgan fingerprint density at radius 2 is 1.89 bits per heavy atom. The molecule has 0 amide bonds. The molecule has 27 heavy (non-hydrogen) atoms. The highest BCUT2D eigenvalue weighted by Crippen LogP contribution is 2.25. The Kier molecular flexibility index (Phi) is 6.35. The molecule has 2 aromatic rings. The Morgan fingerprint density at radius 1 is 1.15 bits per heavy atom. The van der Waals surface area contributed by atoms with Crippen molar-refractivity contribution in [2.75, 3.05) is 32.8 Å². The van der Waals surface area contributed by atoms with Crippen LogP contribution in [0.25, 0.3) is 11.3 Å². The number of hydrogen-bond donors (Lipinski definition) is 1. The van der Waals surface area contributed by atoms with Gasteiger partial charge in [-0.3, -0.25) is 14.5 Å². The molecule has 5 nitrogen and oxygen atoms in total. The maximum Gasteiger partial charge on any atom is 0.0968 e. The molecule has 1 aromatic heterocycles. The first-order valence-corrected chi connectivity index (χ1v) is 10.0. The molecule has 0 saturated carbocycles. The lowest BCUT2D eigenvalue weighted by Crippen LogP contribution is -2.54. The van der Waals surface area contributed by atoms with Gasteiger partial charge in [0.2, 0.25) is 0 Å². The highest BCUT2D eigenvalue weighted by Gasteiger charge is 2.30. The van der Waals surface area contributed by atoms with Crippen LogP contribution in [0.3, 0.4) is 0 Å². The van der Waals surface area contributed by atoms with Gasteiger partial charge in [0, 0.05) is 69.7 Å². The molecule has 0 bridgehead atoms. The van der Waals surface area contributed by atoms with Crippen molar-refractivity contribution in [3.63, 3.8) is 0 Å². The molecule has 0 aliphatic carbocycles. The van der Waals surface area contributed by atoms with E-state index in [0.717, 1.165) is 44.8 Å². The number of rotatable bonds is 6. The second-order valence-corrected chi connectivity index (χ2v) is 8.97. The zero-order valence-electron chi connectivity index (χ0n) is 17.2. The van der Waals surface area contributed by atoms with Gasteiger partial charge < -0.3 is 5.11 Å². The van der Waals surface area contributed by atoms with Gasteiger partial charge >= 0.3 is 0 Å². The molecule has 1 fully saturated rings. The van der Waals surface area contributed by atoms with Crippen molar-refractivity contribution in [1.29, 1.82) is 0 Å². The predicted octanol–water partition coefficient (Wildman–Crippen LogP) is 3.00. The summed E-state index contributed by atoms with van der Waals surface area (Å²) >= 11 is 0. The Morgan fingerprint density at radius 3 is 2.56 bits per heavy atom. The second kappa shape index (κ2) is 8.55. The monoisotopic (exact) mass is 370 g/mol. The molecule has 5 heteroatoms. The molecule has 1 aliphatic heterocycles. The molecule has 0 spiro atoms. The van der Waals surface area contributed by atoms with E-state index in [0.29, 0.717) is 6.04 Å². The van der Waals surface area contributed by atoms with Crippen LogP contribution in [0.5, 0.6) is 0 Å². The summed E-state index contributed by atoms with van der Waals surface area (Å²) in [6.07, 6.45) is 2.98. The quantitative estimate of drug-likeness (QED) is 0.849. The fourth-order valence-corrected chi connectivity index (χ4v) is 4.07. The van der Waals surface area contributed by atoms with Gasteiger partial charge in [0.25, 0.3) is 0 Å². The van der Waals surface area contributed by atoms with E-state index in [4.69, 9.17) is 5.10 Å². The third kappa shape index (κ3) is 5.41. The minimum absolute atomic E-state index is 0.251. The van der Waals surface area contributed by atoms with Gasteiger partial charge in [-0.1, -0.05) is 51.1 Å². The summed E-state index contributed by atoms with van der Waals surface area (Å²) in [6.45, 7) is 12.2. The van der Waals surface area contributed by atoms with Crippen LogP contribution in [-0.4, -0.2) is 63.5 Å². The Balaban J connectivity index is 1.72. The smallest absolute Gasteiger partial charge is 0.0968 e. The summed E-state index contributed by atoms with van der Waals surface area (Å²) in [5.41, 5.74) is 3.80. The third-order valence-corrected chi connectivity index (χ3v) is 5.17. The van der Waals surface area contributed by atoms with E-state index in [1.54, 1.807) is 0 Å². The van der Waals surface area contributed by atoms with Crippen LogP contribution >= 0.6 is 0 Å². The number of aryl methyl sites for hydroxylation is 1. The number of hydrogen-bond acceptors (Lipinski definition) is 4. The Hall–Kier alpha value is -1.69. The van der Waals surface area contributed by atoms with E-state index in [1.807, 2.05) is 17.8 Å². The van der Waals surface area contributed by atoms with Crippen molar-refractivity contribution >= 4 is 0 Å². The first-order valence-electron chi connectivity index (χ1n) is 10.0. The van der Waals surface area contributed by atoms with Crippen molar-refractivity contribution in [3.8, 4) is 11.3 Å². The number of aromatic nitrogens is 2. The summed E-state index contributed by atoms with van der Waals surface area (Å²) in [4.78, 5) is 5.08. The maximum absolute atomic E-state index is 9.55. The summed E-state index contributed by atoms with van der Waals surface area (Å²) in [7, 11) is 1.99. The third-order valence-electron chi connectivity index (χ3n) is 5.17. The molecule has 2 heterocycles. The van der Waals surface area contributed by atoms with Crippen LogP contribution < -0.4 is 0 Å². The van der Waals surface area contributed by atoms with Crippen molar-refractivity contribution in [2.45, 2.75) is 39.8 Å². The van der Waals surface area contributed by atoms with E-state index < -0.39 is 0 Å². The molecule has 1 atom stereocenters. The molecule has 1 saturated heterocycles. The van der Waals surface area contributed by atoms with E-state index in [1.165, 1.54) is 11.1 Å². The van der Waals surface area contributed by atoms with Gasteiger partial charge in [-0.2, -0.15) is 5.10 Å². The number of nitrogens with zero attached hydrogens (tertiary/aromatic N) is 4. The van der Waals surface area contributed by atoms with Gasteiger partial charge in [0.05, 0.1) is 5.69 Å². The second-order valence-electron chi connectivity index (χ2n) is 8.97. The topological polar surface area (TPSA) is 44.5 Å². The van der Waals surface area contributed by atoms with Gasteiger partial charge in [-0.15, -0.1) is 0 Å². The van der Waals surface area contributed by atoms with Crippen LogP contribution in [0, 0.1) is 5.41 Å². The fraction of sp³-hybridized carbons (Fsp3) is 0.591. The minimum Gasteiger partial charge on any atom is -0.396 e. The average molecular weight is 371 g/mol. The van der Waals surface area contributed by atoms with E-state index in [9.17, 15) is 5.11 Å². The van der Waals surface area contributed by atoms with Crippen LogP contribution in [0.1, 0.15) is 32.8 Å². The van der Waals surface area contributed by atoms with Gasteiger partial charge in [0.1, 0.15) is 0 Å². The average Bonchev–Trinajstić information content (AvgIpc) is 2.97. The first kappa shape index (κ1) is 20.1. The SMILES string of the molecule is Cn1cc(CN2CCN(CC(C)(C)C)C(CCO)C2)c(-c2ccccc2)n1. The standard InChI is InChI=1S/C22H34N4O/c1-22(2,3)17-26-12-11-25(16-20(26)10-13-27)15-19-14-24(4)23-21(19)18-8-6-5-7-9-18/h5-9,14,20,27H,10-13,15-17H2,1-4H3. The zero-order chi connectivity index (χ0) is 19.4. The lowest BCUT2D eigenvalue weighted by Gasteiger charge is -2.44. The highest BCUT2D eigenvalue weighted by atomic mass is 16.3. The molecule has 3 rings (SSSR count). The van der Waals surface area contributed by atoms with Crippen molar-refractivity contribution < 1.29 is 5.11 Å². The van der Waals surface area contributed by atoms with E-state index >= 15 is 0 Å². The molecule has 1 aliphatic rings. The van der Waals surface area contributed by atoms with Gasteiger partial charge in [-0.25, -0.2) is 0 Å². The van der Waals surface area contributed by atoms with E-state index in [-0.39, 0.29) is 12.0 Å². The normalized spacial score (nSPS) is 19.5. The fourth-order valence-electron chi connectivity index (χ4n) is 4.07. The van der Waals surface area contributed by atoms with Gasteiger partial charge in [0.15, 0.2) is 0 Å². The zero-order valence-corrected chi connectivity index (χ0v) is 17.2. The molecule has 1 unspecified atom stereocenters. The number of aliphatic hydroxyl groups excluding tert-OH is 1. The number of piperazine rings is 1. The largest absolute Gasteiger partial charge is 0.396 e. The van der Waals surface area contributed by atoms with Crippen LogP contribution in [-0.2, 0) is 13.6 Å². The molecular formula is C22H34N4O. The summed E-state index contributed by atoms with van der Waals surface area (Å²) < 4.78 is 1.92. The molecule has 148 valence electrons. The summed E-state index contributed by atoms with van der Waals surface area (Å²) in [5, 5.41) is 14.3. The van der Waals surface area contributed by atoms with Crippen LogP contribution in [0.15, 0.2) is 36.5 Å². The highest BCUT2D eigenvalue weighted by molar-refractivity contribution is 5.62. The molecule has 1 aromatic carbocycles. The van der Waals surface area contributed by atoms with E-state index in [2.05, 4.69) is 61.0 Å². The maximum atomic E-state index is 9.55. The Labute approximate surface area is 163 Å². The van der Waals surface area contributed by atoms with Crippen LogP contribution in [0.2, 0.25) is 0 Å². The van der Waals surface area contributed by atoms with Crippen molar-refractivity contribution in [2.24, 2.45) is 12.5 Å². The van der Waals surface area contributed by atoms with Gasteiger partial charge in [-0.05, 0) is 11.8 Å². The lowest BCUT2D eigenvalue weighted by atomic mass is 9.94. The summed E-state index contributed by atoms with van der Waals surface area (Å²) in [5.74, 6) is 0. The van der Waals surface area contributed by atoms with Crippen molar-refractivity contribution in [1.82, 2.24) is 19.6 Å². The minimum atomic E-state index is 0.251. The molecule has 0 radical (unpaired) electrons. The first-order chi connectivity index (χ1) is 12.9.